The predicted molar refractivity (Wildman–Crippen MR) is 149 cm³/mol. The van der Waals surface area contributed by atoms with Crippen molar-refractivity contribution in [3.63, 3.8) is 0 Å². The van der Waals surface area contributed by atoms with Crippen LogP contribution >= 0.6 is 11.8 Å². The normalized spacial score (nSPS) is 11.9. The van der Waals surface area contributed by atoms with Crippen LogP contribution in [0.2, 0.25) is 0 Å². The van der Waals surface area contributed by atoms with Crippen LogP contribution in [0.25, 0.3) is 16.6 Å². The van der Waals surface area contributed by atoms with E-state index >= 15 is 0 Å². The Hall–Kier alpha value is -3.45. The molecular weight excluding hydrogens is 485 g/mol. The molecule has 0 fully saturated rings. The van der Waals surface area contributed by atoms with Gasteiger partial charge in [-0.3, -0.25) is 14.2 Å². The number of benzene rings is 3. The Balaban J connectivity index is 1.26. The maximum atomic E-state index is 13.5. The molecule has 192 valence electrons. The van der Waals surface area contributed by atoms with E-state index in [-0.39, 0.29) is 23.3 Å². The van der Waals surface area contributed by atoms with Crippen LogP contribution in [0.1, 0.15) is 44.6 Å². The maximum absolute atomic E-state index is 13.5. The standard InChI is InChI=1S/C30H32FN3O2S/c1-22(15-16-23-10-4-2-5-11-23)32-28(35)14-6-3-9-21-37-30-33-27-13-8-7-12-26(27)29(36)34(30)25-19-17-24(31)18-20-25/h2,4-5,7-8,10-13,17-20,22H,3,6,9,14-16,21H2,1H3,(H,32,35). The zero-order chi connectivity index (χ0) is 26.0. The van der Waals surface area contributed by atoms with E-state index in [9.17, 15) is 14.0 Å². The Morgan fingerprint density at radius 1 is 0.973 bits per heavy atom. The summed E-state index contributed by atoms with van der Waals surface area (Å²) in [4.78, 5) is 30.3. The van der Waals surface area contributed by atoms with Crippen molar-refractivity contribution in [2.45, 2.75) is 56.6 Å². The fourth-order valence-electron chi connectivity index (χ4n) is 4.20. The molecule has 3 aromatic carbocycles. The largest absolute Gasteiger partial charge is 0.354 e. The zero-order valence-corrected chi connectivity index (χ0v) is 21.8. The lowest BCUT2D eigenvalue weighted by atomic mass is 10.1. The smallest absolute Gasteiger partial charge is 0.266 e. The fourth-order valence-corrected chi connectivity index (χ4v) is 5.21. The first-order chi connectivity index (χ1) is 18.0. The zero-order valence-electron chi connectivity index (χ0n) is 21.0. The highest BCUT2D eigenvalue weighted by atomic mass is 32.2. The van der Waals surface area contributed by atoms with Gasteiger partial charge in [-0.1, -0.05) is 60.6 Å². The van der Waals surface area contributed by atoms with Gasteiger partial charge in [0.05, 0.1) is 16.6 Å². The van der Waals surface area contributed by atoms with Gasteiger partial charge in [0, 0.05) is 18.2 Å². The minimum absolute atomic E-state index is 0.0922. The SMILES string of the molecule is CC(CCc1ccccc1)NC(=O)CCCCCSc1nc2ccccc2c(=O)n1-c1ccc(F)cc1. The summed E-state index contributed by atoms with van der Waals surface area (Å²) < 4.78 is 15.0. The summed E-state index contributed by atoms with van der Waals surface area (Å²) in [7, 11) is 0. The van der Waals surface area contributed by atoms with E-state index < -0.39 is 0 Å². The third-order valence-electron chi connectivity index (χ3n) is 6.23. The number of amides is 1. The van der Waals surface area contributed by atoms with Gasteiger partial charge < -0.3 is 5.32 Å². The number of nitrogens with zero attached hydrogens (tertiary/aromatic N) is 2. The van der Waals surface area contributed by atoms with E-state index in [0.717, 1.165) is 37.9 Å². The monoisotopic (exact) mass is 517 g/mol. The first-order valence-corrected chi connectivity index (χ1v) is 13.7. The molecule has 1 atom stereocenters. The van der Waals surface area contributed by atoms with Crippen molar-refractivity contribution < 1.29 is 9.18 Å². The summed E-state index contributed by atoms with van der Waals surface area (Å²) in [5, 5.41) is 4.21. The van der Waals surface area contributed by atoms with Crippen molar-refractivity contribution in [1.82, 2.24) is 14.9 Å². The van der Waals surface area contributed by atoms with Crippen LogP contribution in [0, 0.1) is 5.82 Å². The molecule has 1 unspecified atom stereocenters. The van der Waals surface area contributed by atoms with Gasteiger partial charge in [-0.15, -0.1) is 0 Å². The average Bonchev–Trinajstić information content (AvgIpc) is 2.91. The predicted octanol–water partition coefficient (Wildman–Crippen LogP) is 6.31. The topological polar surface area (TPSA) is 64.0 Å². The quantitative estimate of drug-likeness (QED) is 0.136. The second-order valence-electron chi connectivity index (χ2n) is 9.18. The molecule has 0 spiro atoms. The van der Waals surface area contributed by atoms with Crippen LogP contribution < -0.4 is 10.9 Å². The average molecular weight is 518 g/mol. The first kappa shape index (κ1) is 26.6. The summed E-state index contributed by atoms with van der Waals surface area (Å²) in [6, 6.07) is 23.6. The van der Waals surface area contributed by atoms with Crippen molar-refractivity contribution in [2.24, 2.45) is 0 Å². The third kappa shape index (κ3) is 7.52. The lowest BCUT2D eigenvalue weighted by molar-refractivity contribution is -0.121. The fraction of sp³-hybridized carbons (Fsp3) is 0.300. The summed E-state index contributed by atoms with van der Waals surface area (Å²) in [6.45, 7) is 2.05. The van der Waals surface area contributed by atoms with E-state index in [0.29, 0.717) is 28.2 Å². The molecule has 1 heterocycles. The van der Waals surface area contributed by atoms with Crippen molar-refractivity contribution in [3.05, 3.63) is 101 Å². The molecule has 37 heavy (non-hydrogen) atoms. The van der Waals surface area contributed by atoms with Crippen LogP contribution in [0.5, 0.6) is 0 Å². The summed E-state index contributed by atoms with van der Waals surface area (Å²) in [5.41, 5.74) is 2.35. The Kier molecular flexibility index (Phi) is 9.49. The molecule has 1 amide bonds. The second kappa shape index (κ2) is 13.2. The van der Waals surface area contributed by atoms with Gasteiger partial charge in [0.25, 0.3) is 5.56 Å². The molecule has 0 radical (unpaired) electrons. The second-order valence-corrected chi connectivity index (χ2v) is 10.2. The highest BCUT2D eigenvalue weighted by Gasteiger charge is 2.13. The van der Waals surface area contributed by atoms with Gasteiger partial charge >= 0.3 is 0 Å². The number of halogens is 1. The van der Waals surface area contributed by atoms with E-state index in [2.05, 4.69) is 24.4 Å². The van der Waals surface area contributed by atoms with E-state index in [1.807, 2.05) is 36.4 Å². The first-order valence-electron chi connectivity index (χ1n) is 12.7. The number of aromatic nitrogens is 2. The molecule has 0 saturated carbocycles. The van der Waals surface area contributed by atoms with Crippen molar-refractivity contribution >= 4 is 28.6 Å². The van der Waals surface area contributed by atoms with Crippen LogP contribution in [0.4, 0.5) is 4.39 Å². The van der Waals surface area contributed by atoms with Crippen LogP contribution in [-0.4, -0.2) is 27.3 Å². The summed E-state index contributed by atoms with van der Waals surface area (Å²) in [6.07, 6.45) is 5.00. The van der Waals surface area contributed by atoms with Crippen LogP contribution in [0.3, 0.4) is 0 Å². The Bertz CT molecular complexity index is 1370. The van der Waals surface area contributed by atoms with Gasteiger partial charge in [0.1, 0.15) is 5.82 Å². The maximum Gasteiger partial charge on any atom is 0.266 e. The Morgan fingerprint density at radius 3 is 2.49 bits per heavy atom. The number of hydrogen-bond acceptors (Lipinski definition) is 4. The lowest BCUT2D eigenvalue weighted by Gasteiger charge is -2.14. The van der Waals surface area contributed by atoms with Crippen LogP contribution in [0.15, 0.2) is 88.8 Å². The highest BCUT2D eigenvalue weighted by Crippen LogP contribution is 2.23. The van der Waals surface area contributed by atoms with Crippen molar-refractivity contribution in [2.75, 3.05) is 5.75 Å². The molecule has 0 aliphatic rings. The summed E-state index contributed by atoms with van der Waals surface area (Å²) >= 11 is 1.51. The number of nitrogens with one attached hydrogen (secondary N) is 1. The van der Waals surface area contributed by atoms with Gasteiger partial charge in [-0.05, 0) is 74.6 Å². The Labute approximate surface area is 221 Å². The molecule has 0 saturated heterocycles. The number of para-hydroxylation sites is 1. The van der Waals surface area contributed by atoms with Crippen molar-refractivity contribution in [3.8, 4) is 5.69 Å². The summed E-state index contributed by atoms with van der Waals surface area (Å²) in [5.74, 6) is 0.505. The number of aryl methyl sites for hydroxylation is 1. The molecule has 0 bridgehead atoms. The Morgan fingerprint density at radius 2 is 1.70 bits per heavy atom. The molecule has 4 rings (SSSR count). The number of carbonyl (C=O) groups excluding carboxylic acids is 1. The van der Waals surface area contributed by atoms with Gasteiger partial charge in [-0.25, -0.2) is 9.37 Å². The molecule has 0 aliphatic carbocycles. The van der Waals surface area contributed by atoms with Gasteiger partial charge in [0.15, 0.2) is 5.16 Å². The molecule has 0 aliphatic heterocycles. The number of hydrogen-bond donors (Lipinski definition) is 1. The van der Waals surface area contributed by atoms with Crippen molar-refractivity contribution in [1.29, 1.82) is 0 Å². The van der Waals surface area contributed by atoms with E-state index in [1.165, 1.54) is 29.5 Å². The number of thioether (sulfide) groups is 1. The number of carbonyl (C=O) groups is 1. The number of unbranched alkanes of at least 4 members (excludes halogenated alkanes) is 2. The van der Waals surface area contributed by atoms with Gasteiger partial charge in [-0.2, -0.15) is 0 Å². The molecule has 4 aromatic rings. The third-order valence-corrected chi connectivity index (χ3v) is 7.25. The highest BCUT2D eigenvalue weighted by molar-refractivity contribution is 7.99. The molecule has 1 aromatic heterocycles. The van der Waals surface area contributed by atoms with E-state index in [4.69, 9.17) is 4.98 Å². The molecule has 1 N–H and O–H groups in total. The molecular formula is C30H32FN3O2S. The number of rotatable bonds is 12. The minimum Gasteiger partial charge on any atom is -0.354 e. The van der Waals surface area contributed by atoms with E-state index in [1.54, 1.807) is 22.8 Å². The van der Waals surface area contributed by atoms with Crippen LogP contribution in [-0.2, 0) is 11.2 Å². The lowest BCUT2D eigenvalue weighted by Crippen LogP contribution is -2.32. The molecule has 7 heteroatoms. The molecule has 5 nitrogen and oxygen atoms in total. The number of fused-ring (bicyclic) bond motifs is 1. The minimum atomic E-state index is -0.352. The van der Waals surface area contributed by atoms with Gasteiger partial charge in [0.2, 0.25) is 5.91 Å².